The first kappa shape index (κ1) is 7.42. The SMILES string of the molecule is CNc1nc(C)cc(P)n1. The normalized spacial score (nSPS) is 9.50. The Hall–Kier alpha value is -0.690. The van der Waals surface area contributed by atoms with E-state index in [0.717, 1.165) is 11.1 Å². The molecule has 0 saturated heterocycles. The summed E-state index contributed by atoms with van der Waals surface area (Å²) in [4.78, 5) is 8.21. The van der Waals surface area contributed by atoms with E-state index in [-0.39, 0.29) is 0 Å². The third-order valence-corrected chi connectivity index (χ3v) is 1.39. The first-order valence-electron chi connectivity index (χ1n) is 3.01. The smallest absolute Gasteiger partial charge is 0.223 e. The quantitative estimate of drug-likeness (QED) is 0.594. The van der Waals surface area contributed by atoms with Crippen LogP contribution in [0.5, 0.6) is 0 Å². The van der Waals surface area contributed by atoms with Crippen molar-refractivity contribution in [3.8, 4) is 0 Å². The molecule has 3 nitrogen and oxygen atoms in total. The molecule has 1 aromatic rings. The van der Waals surface area contributed by atoms with Gasteiger partial charge in [-0.25, -0.2) is 9.97 Å². The average molecular weight is 155 g/mol. The van der Waals surface area contributed by atoms with Crippen molar-refractivity contribution >= 4 is 20.6 Å². The number of rotatable bonds is 1. The van der Waals surface area contributed by atoms with Crippen LogP contribution in [-0.2, 0) is 0 Å². The van der Waals surface area contributed by atoms with Crippen LogP contribution in [-0.4, -0.2) is 17.0 Å². The molecule has 0 aliphatic carbocycles. The molecule has 4 heteroatoms. The van der Waals surface area contributed by atoms with Crippen LogP contribution in [0.2, 0.25) is 0 Å². The third-order valence-electron chi connectivity index (χ3n) is 1.10. The monoisotopic (exact) mass is 155 g/mol. The molecular weight excluding hydrogens is 145 g/mol. The number of anilines is 1. The van der Waals surface area contributed by atoms with Gasteiger partial charge < -0.3 is 5.32 Å². The van der Waals surface area contributed by atoms with Crippen molar-refractivity contribution in [1.29, 1.82) is 0 Å². The molecule has 1 aromatic heterocycles. The van der Waals surface area contributed by atoms with Crippen LogP contribution in [0.15, 0.2) is 6.07 Å². The molecule has 1 rings (SSSR count). The highest BCUT2D eigenvalue weighted by atomic mass is 31.0. The Labute approximate surface area is 62.5 Å². The van der Waals surface area contributed by atoms with Gasteiger partial charge in [-0.15, -0.1) is 0 Å². The number of hydrogen-bond donors (Lipinski definition) is 1. The van der Waals surface area contributed by atoms with Gasteiger partial charge in [-0.2, -0.15) is 0 Å². The fraction of sp³-hybridized carbons (Fsp3) is 0.333. The minimum Gasteiger partial charge on any atom is -0.357 e. The maximum absolute atomic E-state index is 4.12. The molecule has 0 radical (unpaired) electrons. The second-order valence-corrected chi connectivity index (χ2v) is 2.60. The Bertz CT molecular complexity index is 216. The van der Waals surface area contributed by atoms with Gasteiger partial charge in [0.25, 0.3) is 0 Å². The summed E-state index contributed by atoms with van der Waals surface area (Å²) in [7, 11) is 4.34. The maximum Gasteiger partial charge on any atom is 0.223 e. The van der Waals surface area contributed by atoms with Gasteiger partial charge in [-0.1, -0.05) is 9.24 Å². The van der Waals surface area contributed by atoms with Crippen molar-refractivity contribution in [2.24, 2.45) is 0 Å². The number of aryl methyl sites for hydroxylation is 1. The lowest BCUT2D eigenvalue weighted by atomic mass is 10.5. The van der Waals surface area contributed by atoms with Gasteiger partial charge in [-0.3, -0.25) is 0 Å². The maximum atomic E-state index is 4.12. The fourth-order valence-electron chi connectivity index (χ4n) is 0.705. The molecule has 0 fully saturated rings. The summed E-state index contributed by atoms with van der Waals surface area (Å²) in [5, 5.41) is 2.87. The molecule has 0 bridgehead atoms. The minimum atomic E-state index is 0.671. The van der Waals surface area contributed by atoms with E-state index < -0.39 is 0 Å². The Kier molecular flexibility index (Phi) is 2.17. The Morgan fingerprint density at radius 2 is 2.20 bits per heavy atom. The number of nitrogens with one attached hydrogen (secondary N) is 1. The zero-order valence-corrected chi connectivity index (χ0v) is 7.20. The molecule has 1 unspecified atom stereocenters. The molecule has 0 aromatic carbocycles. The molecule has 1 heterocycles. The lowest BCUT2D eigenvalue weighted by Crippen LogP contribution is -2.06. The van der Waals surface area contributed by atoms with Gasteiger partial charge in [-0.05, 0) is 13.0 Å². The van der Waals surface area contributed by atoms with Crippen LogP contribution in [0.4, 0.5) is 5.95 Å². The van der Waals surface area contributed by atoms with E-state index in [2.05, 4.69) is 24.5 Å². The van der Waals surface area contributed by atoms with Gasteiger partial charge in [0.2, 0.25) is 5.95 Å². The van der Waals surface area contributed by atoms with Crippen LogP contribution in [0.25, 0.3) is 0 Å². The Balaban J connectivity index is 3.06. The van der Waals surface area contributed by atoms with Crippen LogP contribution in [0, 0.1) is 6.92 Å². The fourth-order valence-corrected chi connectivity index (χ4v) is 1.07. The molecule has 1 N–H and O–H groups in total. The average Bonchev–Trinajstić information content (AvgIpc) is 1.85. The number of hydrogen-bond acceptors (Lipinski definition) is 3. The summed E-state index contributed by atoms with van der Waals surface area (Å²) in [5.41, 5.74) is 1.89. The van der Waals surface area contributed by atoms with Crippen molar-refractivity contribution in [2.45, 2.75) is 6.92 Å². The van der Waals surface area contributed by atoms with Crippen LogP contribution >= 0.6 is 9.24 Å². The highest BCUT2D eigenvalue weighted by Gasteiger charge is 1.93. The summed E-state index contributed by atoms with van der Waals surface area (Å²) in [5.74, 6) is 0.671. The lowest BCUT2D eigenvalue weighted by Gasteiger charge is -1.99. The van der Waals surface area contributed by atoms with E-state index in [4.69, 9.17) is 0 Å². The van der Waals surface area contributed by atoms with E-state index in [1.54, 1.807) is 7.05 Å². The van der Waals surface area contributed by atoms with E-state index >= 15 is 0 Å². The number of nitrogens with zero attached hydrogens (tertiary/aromatic N) is 2. The first-order chi connectivity index (χ1) is 4.72. The third kappa shape index (κ3) is 1.64. The van der Waals surface area contributed by atoms with Crippen LogP contribution < -0.4 is 10.8 Å². The minimum absolute atomic E-state index is 0.671. The molecule has 0 amide bonds. The molecule has 10 heavy (non-hydrogen) atoms. The van der Waals surface area contributed by atoms with E-state index in [1.807, 2.05) is 13.0 Å². The topological polar surface area (TPSA) is 37.8 Å². The predicted molar refractivity (Wildman–Crippen MR) is 45.7 cm³/mol. The van der Waals surface area contributed by atoms with Crippen molar-refractivity contribution in [3.63, 3.8) is 0 Å². The summed E-state index contributed by atoms with van der Waals surface area (Å²) >= 11 is 0. The second-order valence-electron chi connectivity index (χ2n) is 2.01. The summed E-state index contributed by atoms with van der Waals surface area (Å²) in [6.07, 6.45) is 0. The zero-order valence-electron chi connectivity index (χ0n) is 6.05. The van der Waals surface area contributed by atoms with Crippen molar-refractivity contribution in [1.82, 2.24) is 9.97 Å². The van der Waals surface area contributed by atoms with Crippen LogP contribution in [0.3, 0.4) is 0 Å². The summed E-state index contributed by atoms with van der Waals surface area (Å²) < 4.78 is 0. The molecule has 0 spiro atoms. The van der Waals surface area contributed by atoms with E-state index in [9.17, 15) is 0 Å². The predicted octanol–water partition coefficient (Wildman–Crippen LogP) is 0.327. The highest BCUT2D eigenvalue weighted by molar-refractivity contribution is 7.26. The lowest BCUT2D eigenvalue weighted by molar-refractivity contribution is 1.12. The van der Waals surface area contributed by atoms with Gasteiger partial charge in [0.1, 0.15) is 0 Å². The Morgan fingerprint density at radius 1 is 1.50 bits per heavy atom. The Morgan fingerprint density at radius 3 is 2.70 bits per heavy atom. The molecule has 0 aliphatic heterocycles. The molecule has 0 saturated carbocycles. The van der Waals surface area contributed by atoms with E-state index in [1.165, 1.54) is 0 Å². The summed E-state index contributed by atoms with van der Waals surface area (Å²) in [6.45, 7) is 1.94. The molecule has 1 atom stereocenters. The molecule has 0 aliphatic rings. The largest absolute Gasteiger partial charge is 0.357 e. The van der Waals surface area contributed by atoms with Gasteiger partial charge in [0.05, 0.1) is 5.44 Å². The van der Waals surface area contributed by atoms with Crippen molar-refractivity contribution < 1.29 is 0 Å². The number of aromatic nitrogens is 2. The van der Waals surface area contributed by atoms with E-state index in [0.29, 0.717) is 5.95 Å². The van der Waals surface area contributed by atoms with Crippen molar-refractivity contribution in [3.05, 3.63) is 11.8 Å². The molecule has 54 valence electrons. The van der Waals surface area contributed by atoms with Gasteiger partial charge in [0, 0.05) is 12.7 Å². The standard InChI is InChI=1S/C6H10N3P/c1-4-3-5(10)9-6(7-2)8-4/h3H,10H2,1-2H3,(H,7,8,9). The highest BCUT2D eigenvalue weighted by Crippen LogP contribution is 1.97. The molecular formula is C6H10N3P. The van der Waals surface area contributed by atoms with Crippen LogP contribution in [0.1, 0.15) is 5.69 Å². The summed E-state index contributed by atoms with van der Waals surface area (Å²) in [6, 6.07) is 1.91. The van der Waals surface area contributed by atoms with Gasteiger partial charge >= 0.3 is 0 Å². The second kappa shape index (κ2) is 2.93. The van der Waals surface area contributed by atoms with Gasteiger partial charge in [0.15, 0.2) is 0 Å². The van der Waals surface area contributed by atoms with Crippen molar-refractivity contribution in [2.75, 3.05) is 12.4 Å². The zero-order chi connectivity index (χ0) is 7.56. The first-order valence-corrected chi connectivity index (χ1v) is 3.59.